The Morgan fingerprint density at radius 1 is 1.31 bits per heavy atom. The van der Waals surface area contributed by atoms with Gasteiger partial charge in [0.05, 0.1) is 5.75 Å². The lowest BCUT2D eigenvalue weighted by molar-refractivity contribution is 0.0189. The molecular formula is C18H25N5O2S. The van der Waals surface area contributed by atoms with E-state index in [1.54, 1.807) is 6.07 Å². The number of aromatic nitrogens is 3. The van der Waals surface area contributed by atoms with Crippen molar-refractivity contribution in [2.75, 3.05) is 33.2 Å². The third kappa shape index (κ3) is 3.81. The van der Waals surface area contributed by atoms with E-state index in [1.165, 1.54) is 43.9 Å². The van der Waals surface area contributed by atoms with Crippen LogP contribution in [0.1, 0.15) is 42.0 Å². The Kier molecular flexibility index (Phi) is 5.04. The molecule has 2 saturated heterocycles. The molecule has 0 saturated carbocycles. The Labute approximate surface area is 157 Å². The van der Waals surface area contributed by atoms with Crippen LogP contribution in [-0.4, -0.2) is 64.1 Å². The first-order chi connectivity index (χ1) is 12.6. The van der Waals surface area contributed by atoms with Gasteiger partial charge in [0.2, 0.25) is 0 Å². The summed E-state index contributed by atoms with van der Waals surface area (Å²) in [6, 6.07) is 3.68. The number of likely N-dealkylation sites (tertiary alicyclic amines) is 2. The van der Waals surface area contributed by atoms with Crippen molar-refractivity contribution in [2.45, 2.75) is 36.6 Å². The predicted octanol–water partition coefficient (Wildman–Crippen LogP) is 2.64. The average molecular weight is 375 g/mol. The van der Waals surface area contributed by atoms with E-state index in [2.05, 4.69) is 27.1 Å². The van der Waals surface area contributed by atoms with E-state index in [0.29, 0.717) is 11.5 Å². The molecule has 26 heavy (non-hydrogen) atoms. The molecule has 4 heterocycles. The highest BCUT2D eigenvalue weighted by molar-refractivity contribution is 7.98. The smallest absolute Gasteiger partial charge is 0.289 e. The van der Waals surface area contributed by atoms with Crippen LogP contribution in [0.2, 0.25) is 0 Å². The van der Waals surface area contributed by atoms with Gasteiger partial charge in [-0.1, -0.05) is 11.8 Å². The number of aromatic amines is 1. The maximum atomic E-state index is 12.9. The second-order valence-electron chi connectivity index (χ2n) is 7.52. The van der Waals surface area contributed by atoms with Crippen LogP contribution in [0, 0.1) is 5.41 Å². The molecule has 140 valence electrons. The summed E-state index contributed by atoms with van der Waals surface area (Å²) in [5.74, 6) is 1.86. The zero-order valence-electron chi connectivity index (χ0n) is 15.1. The van der Waals surface area contributed by atoms with Crippen molar-refractivity contribution < 1.29 is 9.21 Å². The molecule has 1 atom stereocenters. The minimum atomic E-state index is 0.0215. The third-order valence-corrected chi connectivity index (χ3v) is 6.32. The molecule has 1 unspecified atom stereocenters. The topological polar surface area (TPSA) is 78.3 Å². The van der Waals surface area contributed by atoms with E-state index in [1.807, 2.05) is 11.0 Å². The second kappa shape index (κ2) is 7.44. The van der Waals surface area contributed by atoms with E-state index in [0.717, 1.165) is 37.0 Å². The Bertz CT molecular complexity index is 743. The van der Waals surface area contributed by atoms with Gasteiger partial charge in [0.15, 0.2) is 10.9 Å². The lowest BCUT2D eigenvalue weighted by Gasteiger charge is -2.47. The fourth-order valence-corrected chi connectivity index (χ4v) is 4.97. The summed E-state index contributed by atoms with van der Waals surface area (Å²) in [7, 11) is 2.19. The molecule has 0 radical (unpaired) electrons. The van der Waals surface area contributed by atoms with E-state index in [4.69, 9.17) is 4.42 Å². The molecule has 8 heteroatoms. The van der Waals surface area contributed by atoms with Gasteiger partial charge in [-0.15, -0.1) is 0 Å². The monoisotopic (exact) mass is 375 g/mol. The van der Waals surface area contributed by atoms with Crippen LogP contribution in [0.3, 0.4) is 0 Å². The highest BCUT2D eigenvalue weighted by atomic mass is 32.2. The zero-order chi connectivity index (χ0) is 18.0. The molecule has 0 aromatic carbocycles. The minimum Gasteiger partial charge on any atom is -0.455 e. The standard InChI is InChI=1S/C18H25N5O2S/c1-22-8-2-6-18(11-22)7-3-9-23(12-18)16(24)15-5-4-14(25-15)10-26-17-19-13-20-21-17/h4-5,13H,2-3,6-12H2,1H3,(H,19,20,21). The molecule has 1 amide bonds. The molecule has 1 spiro atoms. The summed E-state index contributed by atoms with van der Waals surface area (Å²) in [5, 5.41) is 7.37. The molecule has 1 N–H and O–H groups in total. The molecule has 0 aliphatic carbocycles. The summed E-state index contributed by atoms with van der Waals surface area (Å²) in [4.78, 5) is 21.4. The van der Waals surface area contributed by atoms with E-state index >= 15 is 0 Å². The number of thioether (sulfide) groups is 1. The molecule has 2 aromatic rings. The van der Waals surface area contributed by atoms with Gasteiger partial charge >= 0.3 is 0 Å². The van der Waals surface area contributed by atoms with Crippen LogP contribution >= 0.6 is 11.8 Å². The maximum Gasteiger partial charge on any atom is 0.289 e. The summed E-state index contributed by atoms with van der Waals surface area (Å²) in [5.41, 5.74) is 0.262. The van der Waals surface area contributed by atoms with Crippen molar-refractivity contribution in [3.05, 3.63) is 30.0 Å². The number of piperidine rings is 2. The van der Waals surface area contributed by atoms with Crippen molar-refractivity contribution in [2.24, 2.45) is 5.41 Å². The summed E-state index contributed by atoms with van der Waals surface area (Å²) in [6.07, 6.45) is 6.22. The van der Waals surface area contributed by atoms with Crippen LogP contribution in [0.4, 0.5) is 0 Å². The molecule has 2 aromatic heterocycles. The van der Waals surface area contributed by atoms with Gasteiger partial charge in [-0.3, -0.25) is 9.89 Å². The SMILES string of the molecule is CN1CCCC2(CCCN(C(=O)c3ccc(CSc4ncn[nH]4)o3)C2)C1. The van der Waals surface area contributed by atoms with Gasteiger partial charge < -0.3 is 14.2 Å². The maximum absolute atomic E-state index is 12.9. The minimum absolute atomic E-state index is 0.0215. The molecule has 2 aliphatic heterocycles. The van der Waals surface area contributed by atoms with Crippen LogP contribution in [0.15, 0.2) is 28.0 Å². The van der Waals surface area contributed by atoms with Gasteiger partial charge in [-0.05, 0) is 51.4 Å². The van der Waals surface area contributed by atoms with Crippen LogP contribution in [0.25, 0.3) is 0 Å². The van der Waals surface area contributed by atoms with Crippen molar-refractivity contribution in [3.63, 3.8) is 0 Å². The third-order valence-electron chi connectivity index (χ3n) is 5.42. The van der Waals surface area contributed by atoms with Crippen LogP contribution in [-0.2, 0) is 5.75 Å². The highest BCUT2D eigenvalue weighted by Crippen LogP contribution is 2.38. The van der Waals surface area contributed by atoms with Gasteiger partial charge in [-0.2, -0.15) is 5.10 Å². The predicted molar refractivity (Wildman–Crippen MR) is 99.0 cm³/mol. The molecule has 4 rings (SSSR count). The number of carbonyl (C=O) groups excluding carboxylic acids is 1. The van der Waals surface area contributed by atoms with Crippen molar-refractivity contribution in [3.8, 4) is 0 Å². The largest absolute Gasteiger partial charge is 0.455 e. The Morgan fingerprint density at radius 3 is 2.92 bits per heavy atom. The number of nitrogens with zero attached hydrogens (tertiary/aromatic N) is 4. The number of carbonyl (C=O) groups is 1. The quantitative estimate of drug-likeness (QED) is 0.828. The van der Waals surface area contributed by atoms with Crippen LogP contribution < -0.4 is 0 Å². The van der Waals surface area contributed by atoms with Gasteiger partial charge in [0.25, 0.3) is 5.91 Å². The number of rotatable bonds is 4. The van der Waals surface area contributed by atoms with Gasteiger partial charge in [0, 0.05) is 25.0 Å². The van der Waals surface area contributed by atoms with E-state index < -0.39 is 0 Å². The zero-order valence-corrected chi connectivity index (χ0v) is 15.9. The van der Waals surface area contributed by atoms with E-state index in [-0.39, 0.29) is 11.3 Å². The highest BCUT2D eigenvalue weighted by Gasteiger charge is 2.40. The fourth-order valence-electron chi connectivity index (χ4n) is 4.30. The number of hydrogen-bond acceptors (Lipinski definition) is 6. The lowest BCUT2D eigenvalue weighted by Crippen LogP contribution is -2.52. The molecular weight excluding hydrogens is 350 g/mol. The van der Waals surface area contributed by atoms with Crippen molar-refractivity contribution in [1.82, 2.24) is 25.0 Å². The van der Waals surface area contributed by atoms with Gasteiger partial charge in [0.1, 0.15) is 12.1 Å². The number of furan rings is 1. The molecule has 0 bridgehead atoms. The van der Waals surface area contributed by atoms with Gasteiger partial charge in [-0.25, -0.2) is 4.98 Å². The van der Waals surface area contributed by atoms with Crippen LogP contribution in [0.5, 0.6) is 0 Å². The second-order valence-corrected chi connectivity index (χ2v) is 8.48. The first-order valence-electron chi connectivity index (χ1n) is 9.18. The summed E-state index contributed by atoms with van der Waals surface area (Å²) < 4.78 is 5.81. The van der Waals surface area contributed by atoms with E-state index in [9.17, 15) is 4.79 Å². The first-order valence-corrected chi connectivity index (χ1v) is 10.2. The van der Waals surface area contributed by atoms with Crippen molar-refractivity contribution in [1.29, 1.82) is 0 Å². The lowest BCUT2D eigenvalue weighted by atomic mass is 9.74. The Morgan fingerprint density at radius 2 is 2.15 bits per heavy atom. The molecule has 2 aliphatic rings. The van der Waals surface area contributed by atoms with Crippen molar-refractivity contribution >= 4 is 17.7 Å². The summed E-state index contributed by atoms with van der Waals surface area (Å²) in [6.45, 7) is 3.93. The Hall–Kier alpha value is -1.80. The number of amides is 1. The normalized spacial score (nSPS) is 24.3. The Balaban J connectivity index is 1.39. The fraction of sp³-hybridized carbons (Fsp3) is 0.611. The molecule has 7 nitrogen and oxygen atoms in total. The summed E-state index contributed by atoms with van der Waals surface area (Å²) >= 11 is 1.51. The average Bonchev–Trinajstić information content (AvgIpc) is 3.31. The first kappa shape index (κ1) is 17.6. The number of nitrogens with one attached hydrogen (secondary N) is 1. The number of hydrogen-bond donors (Lipinski definition) is 1. The molecule has 2 fully saturated rings. The number of H-pyrrole nitrogens is 1.